The second-order valence-electron chi connectivity index (χ2n) is 3.89. The van der Waals surface area contributed by atoms with Crippen LogP contribution in [0.4, 0.5) is 0 Å². The Morgan fingerprint density at radius 2 is 1.61 bits per heavy atom. The number of hydrogen-bond donors (Lipinski definition) is 0. The van der Waals surface area contributed by atoms with Crippen molar-refractivity contribution in [3.8, 4) is 16.8 Å². The monoisotopic (exact) mass is 299 g/mol. The number of rotatable bonds is 2. The van der Waals surface area contributed by atoms with Crippen LogP contribution in [0.5, 0.6) is 0 Å². The second-order valence-corrected chi connectivity index (χ2v) is 4.80. The van der Waals surface area contributed by atoms with Crippen LogP contribution in [0.3, 0.4) is 0 Å². The smallest absolute Gasteiger partial charge is 0.0676 e. The van der Waals surface area contributed by atoms with Gasteiger partial charge in [0.15, 0.2) is 0 Å². The van der Waals surface area contributed by atoms with Crippen LogP contribution in [0, 0.1) is 0 Å². The van der Waals surface area contributed by atoms with Crippen molar-refractivity contribution < 1.29 is 0 Å². The summed E-state index contributed by atoms with van der Waals surface area (Å²) in [7, 11) is 0. The van der Waals surface area contributed by atoms with E-state index in [1.54, 1.807) is 12.4 Å². The van der Waals surface area contributed by atoms with Crippen LogP contribution in [0.15, 0.2) is 65.7 Å². The van der Waals surface area contributed by atoms with E-state index in [-0.39, 0.29) is 0 Å². The Hall–Kier alpha value is -1.94. The molecule has 2 heterocycles. The third-order valence-corrected chi connectivity index (χ3v) is 3.22. The van der Waals surface area contributed by atoms with Gasteiger partial charge in [-0.25, -0.2) is 4.68 Å². The van der Waals surface area contributed by atoms with Gasteiger partial charge in [0.2, 0.25) is 0 Å². The van der Waals surface area contributed by atoms with Crippen LogP contribution in [0.2, 0.25) is 0 Å². The number of pyridine rings is 1. The molecule has 0 spiro atoms. The van der Waals surface area contributed by atoms with Gasteiger partial charge in [0.05, 0.1) is 11.9 Å². The second kappa shape index (κ2) is 4.74. The molecule has 0 aliphatic rings. The quantitative estimate of drug-likeness (QED) is 0.722. The summed E-state index contributed by atoms with van der Waals surface area (Å²) in [5, 5.41) is 4.36. The summed E-state index contributed by atoms with van der Waals surface area (Å²) in [5.74, 6) is 0. The van der Waals surface area contributed by atoms with E-state index in [9.17, 15) is 0 Å². The van der Waals surface area contributed by atoms with E-state index in [4.69, 9.17) is 0 Å². The summed E-state index contributed by atoms with van der Waals surface area (Å²) in [6, 6.07) is 12.0. The molecule has 2 aromatic heterocycles. The predicted molar refractivity (Wildman–Crippen MR) is 74.5 cm³/mol. The summed E-state index contributed by atoms with van der Waals surface area (Å²) in [6.45, 7) is 0. The molecule has 0 aliphatic heterocycles. The molecule has 3 nitrogen and oxygen atoms in total. The number of halogens is 1. The normalized spacial score (nSPS) is 10.5. The van der Waals surface area contributed by atoms with Gasteiger partial charge in [0.25, 0.3) is 0 Å². The molecule has 1 aromatic carbocycles. The molecule has 3 rings (SSSR count). The van der Waals surface area contributed by atoms with Crippen LogP contribution in [-0.4, -0.2) is 14.8 Å². The van der Waals surface area contributed by atoms with Crippen molar-refractivity contribution in [2.45, 2.75) is 0 Å². The number of hydrogen-bond acceptors (Lipinski definition) is 2. The lowest BCUT2D eigenvalue weighted by molar-refractivity contribution is 0.878. The molecular weight excluding hydrogens is 290 g/mol. The van der Waals surface area contributed by atoms with Gasteiger partial charge >= 0.3 is 0 Å². The average molecular weight is 300 g/mol. The van der Waals surface area contributed by atoms with Crippen molar-refractivity contribution in [1.82, 2.24) is 14.8 Å². The lowest BCUT2D eigenvalue weighted by atomic mass is 10.1. The Balaban J connectivity index is 1.97. The molecule has 0 aliphatic carbocycles. The first-order chi connectivity index (χ1) is 8.83. The minimum atomic E-state index is 1.01. The van der Waals surface area contributed by atoms with Crippen LogP contribution < -0.4 is 0 Å². The summed E-state index contributed by atoms with van der Waals surface area (Å²) >= 11 is 3.43. The highest BCUT2D eigenvalue weighted by Gasteiger charge is 2.02. The molecule has 3 aromatic rings. The Morgan fingerprint density at radius 1 is 0.889 bits per heavy atom. The van der Waals surface area contributed by atoms with E-state index in [0.717, 1.165) is 21.3 Å². The maximum absolute atomic E-state index is 4.36. The Bertz CT molecular complexity index is 644. The van der Waals surface area contributed by atoms with Crippen molar-refractivity contribution in [2.24, 2.45) is 0 Å². The lowest BCUT2D eigenvalue weighted by Gasteiger charge is -1.99. The number of nitrogens with zero attached hydrogens (tertiary/aromatic N) is 3. The summed E-state index contributed by atoms with van der Waals surface area (Å²) in [6.07, 6.45) is 7.40. The molecular formula is C14H10BrN3. The predicted octanol–water partition coefficient (Wildman–Crippen LogP) is 3.70. The van der Waals surface area contributed by atoms with Gasteiger partial charge in [-0.3, -0.25) is 4.98 Å². The van der Waals surface area contributed by atoms with E-state index in [2.05, 4.69) is 38.1 Å². The van der Waals surface area contributed by atoms with Gasteiger partial charge in [-0.1, -0.05) is 28.1 Å². The standard InChI is InChI=1S/C14H10BrN3/c15-13-3-1-11(2-4-13)12-9-17-18(10-12)14-5-7-16-8-6-14/h1-10H. The van der Waals surface area contributed by atoms with Crippen molar-refractivity contribution in [3.63, 3.8) is 0 Å². The third kappa shape index (κ3) is 2.19. The Labute approximate surface area is 113 Å². The number of aromatic nitrogens is 3. The number of benzene rings is 1. The fraction of sp³-hybridized carbons (Fsp3) is 0. The van der Waals surface area contributed by atoms with Crippen LogP contribution in [0.25, 0.3) is 16.8 Å². The van der Waals surface area contributed by atoms with Gasteiger partial charge in [0, 0.05) is 28.6 Å². The molecule has 0 amide bonds. The molecule has 0 fully saturated rings. The third-order valence-electron chi connectivity index (χ3n) is 2.69. The van der Waals surface area contributed by atoms with E-state index < -0.39 is 0 Å². The highest BCUT2D eigenvalue weighted by atomic mass is 79.9. The molecule has 0 saturated carbocycles. The highest BCUT2D eigenvalue weighted by Crippen LogP contribution is 2.22. The topological polar surface area (TPSA) is 30.7 Å². The lowest BCUT2D eigenvalue weighted by Crippen LogP contribution is -1.93. The maximum Gasteiger partial charge on any atom is 0.0676 e. The van der Waals surface area contributed by atoms with E-state index in [1.807, 2.05) is 41.3 Å². The van der Waals surface area contributed by atoms with Crippen molar-refractivity contribution in [1.29, 1.82) is 0 Å². The molecule has 0 unspecified atom stereocenters. The Kier molecular flexibility index (Phi) is 2.94. The van der Waals surface area contributed by atoms with E-state index in [0.29, 0.717) is 0 Å². The summed E-state index contributed by atoms with van der Waals surface area (Å²) in [4.78, 5) is 4.00. The minimum absolute atomic E-state index is 1.01. The minimum Gasteiger partial charge on any atom is -0.265 e. The molecule has 88 valence electrons. The fourth-order valence-electron chi connectivity index (χ4n) is 1.75. The zero-order valence-electron chi connectivity index (χ0n) is 9.49. The zero-order valence-corrected chi connectivity index (χ0v) is 11.1. The Morgan fingerprint density at radius 3 is 2.33 bits per heavy atom. The maximum atomic E-state index is 4.36. The highest BCUT2D eigenvalue weighted by molar-refractivity contribution is 9.10. The molecule has 0 atom stereocenters. The van der Waals surface area contributed by atoms with Crippen molar-refractivity contribution in [2.75, 3.05) is 0 Å². The van der Waals surface area contributed by atoms with E-state index >= 15 is 0 Å². The first kappa shape index (κ1) is 11.2. The molecule has 0 N–H and O–H groups in total. The van der Waals surface area contributed by atoms with Crippen molar-refractivity contribution in [3.05, 3.63) is 65.7 Å². The van der Waals surface area contributed by atoms with Crippen molar-refractivity contribution >= 4 is 15.9 Å². The van der Waals surface area contributed by atoms with Gasteiger partial charge < -0.3 is 0 Å². The average Bonchev–Trinajstić information content (AvgIpc) is 2.90. The SMILES string of the molecule is Brc1ccc(-c2cnn(-c3ccncc3)c2)cc1. The van der Waals surface area contributed by atoms with Crippen LogP contribution in [-0.2, 0) is 0 Å². The molecule has 0 saturated heterocycles. The van der Waals surface area contributed by atoms with Gasteiger partial charge in [-0.05, 0) is 29.8 Å². The van der Waals surface area contributed by atoms with Gasteiger partial charge in [-0.15, -0.1) is 0 Å². The molecule has 0 bridgehead atoms. The van der Waals surface area contributed by atoms with Crippen LogP contribution >= 0.6 is 15.9 Å². The largest absolute Gasteiger partial charge is 0.265 e. The fourth-order valence-corrected chi connectivity index (χ4v) is 2.02. The van der Waals surface area contributed by atoms with Crippen LogP contribution in [0.1, 0.15) is 0 Å². The first-order valence-electron chi connectivity index (χ1n) is 5.54. The molecule has 4 heteroatoms. The first-order valence-corrected chi connectivity index (χ1v) is 6.33. The van der Waals surface area contributed by atoms with E-state index in [1.165, 1.54) is 0 Å². The van der Waals surface area contributed by atoms with Gasteiger partial charge in [0.1, 0.15) is 0 Å². The van der Waals surface area contributed by atoms with Gasteiger partial charge in [-0.2, -0.15) is 5.10 Å². The zero-order chi connectivity index (χ0) is 12.4. The molecule has 18 heavy (non-hydrogen) atoms. The molecule has 0 radical (unpaired) electrons. The summed E-state index contributed by atoms with van der Waals surface area (Å²) in [5.41, 5.74) is 3.26. The summed E-state index contributed by atoms with van der Waals surface area (Å²) < 4.78 is 2.92.